The lowest BCUT2D eigenvalue weighted by Crippen LogP contribution is -2.28. The fourth-order valence-electron chi connectivity index (χ4n) is 3.56. The summed E-state index contributed by atoms with van der Waals surface area (Å²) < 4.78 is 11.5. The Hall–Kier alpha value is -2.51. The van der Waals surface area contributed by atoms with Gasteiger partial charge in [-0.2, -0.15) is 5.26 Å². The maximum absolute atomic E-state index is 10.3. The van der Waals surface area contributed by atoms with Crippen molar-refractivity contribution in [1.29, 1.82) is 5.26 Å². The monoisotopic (exact) mass is 336 g/mol. The highest BCUT2D eigenvalue weighted by Gasteiger charge is 2.40. The van der Waals surface area contributed by atoms with Crippen LogP contribution in [0.2, 0.25) is 0 Å². The molecule has 0 aliphatic carbocycles. The van der Waals surface area contributed by atoms with Crippen LogP contribution in [-0.4, -0.2) is 32.6 Å². The Kier molecular flexibility index (Phi) is 4.96. The van der Waals surface area contributed by atoms with E-state index in [0.717, 1.165) is 47.6 Å². The van der Waals surface area contributed by atoms with Gasteiger partial charge in [0.05, 0.1) is 13.2 Å². The van der Waals surface area contributed by atoms with E-state index in [9.17, 15) is 5.26 Å². The van der Waals surface area contributed by atoms with Crippen LogP contribution in [0.3, 0.4) is 0 Å². The van der Waals surface area contributed by atoms with Crippen LogP contribution in [0.25, 0.3) is 0 Å². The molecule has 0 bridgehead atoms. The standard InChI is InChI=1S/C21H24N2O2/c1-23(2)12-6-11-21(15-22)18-8-5-4-7-16(18)14-25-20-10-9-17(24-3)13-19(20)21/h4-5,7-10,13H,6,11-12,14H2,1-3H3. The molecule has 0 saturated carbocycles. The Bertz CT molecular complexity index is 795. The van der Waals surface area contributed by atoms with E-state index in [1.807, 2.05) is 30.3 Å². The molecule has 130 valence electrons. The van der Waals surface area contributed by atoms with Crippen LogP contribution in [0.1, 0.15) is 29.5 Å². The first-order chi connectivity index (χ1) is 12.1. The van der Waals surface area contributed by atoms with Gasteiger partial charge in [-0.05, 0) is 62.8 Å². The summed E-state index contributed by atoms with van der Waals surface area (Å²) >= 11 is 0. The molecule has 1 atom stereocenters. The van der Waals surface area contributed by atoms with E-state index >= 15 is 0 Å². The van der Waals surface area contributed by atoms with Crippen LogP contribution < -0.4 is 9.47 Å². The van der Waals surface area contributed by atoms with Gasteiger partial charge >= 0.3 is 0 Å². The Morgan fingerprint density at radius 2 is 2.00 bits per heavy atom. The fraction of sp³-hybridized carbons (Fsp3) is 0.381. The molecule has 0 amide bonds. The maximum Gasteiger partial charge on any atom is 0.125 e. The van der Waals surface area contributed by atoms with E-state index in [2.05, 4.69) is 37.2 Å². The molecule has 0 saturated heterocycles. The van der Waals surface area contributed by atoms with Crippen LogP contribution >= 0.6 is 0 Å². The SMILES string of the molecule is COc1ccc2c(c1)C(C#N)(CCCN(C)C)c1ccccc1CO2. The van der Waals surface area contributed by atoms with E-state index in [0.29, 0.717) is 6.61 Å². The second-order valence-corrected chi connectivity index (χ2v) is 6.73. The highest BCUT2D eigenvalue weighted by molar-refractivity contribution is 5.57. The van der Waals surface area contributed by atoms with Crippen molar-refractivity contribution in [2.24, 2.45) is 0 Å². The van der Waals surface area contributed by atoms with Gasteiger partial charge in [0.2, 0.25) is 0 Å². The Morgan fingerprint density at radius 1 is 1.20 bits per heavy atom. The van der Waals surface area contributed by atoms with Crippen molar-refractivity contribution >= 4 is 0 Å². The third-order valence-electron chi connectivity index (χ3n) is 4.85. The minimum absolute atomic E-state index is 0.479. The van der Waals surface area contributed by atoms with Gasteiger partial charge in [-0.3, -0.25) is 0 Å². The summed E-state index contributed by atoms with van der Waals surface area (Å²) in [4.78, 5) is 2.15. The summed E-state index contributed by atoms with van der Waals surface area (Å²) in [6.07, 6.45) is 1.66. The zero-order valence-corrected chi connectivity index (χ0v) is 15.1. The predicted octanol–water partition coefficient (Wildman–Crippen LogP) is 3.74. The lowest BCUT2D eigenvalue weighted by atomic mass is 9.71. The molecule has 25 heavy (non-hydrogen) atoms. The molecule has 4 nitrogen and oxygen atoms in total. The highest BCUT2D eigenvalue weighted by Crippen LogP contribution is 2.46. The molecule has 2 aromatic carbocycles. The summed E-state index contributed by atoms with van der Waals surface area (Å²) in [7, 11) is 5.76. The molecule has 0 N–H and O–H groups in total. The minimum Gasteiger partial charge on any atom is -0.497 e. The van der Waals surface area contributed by atoms with Gasteiger partial charge in [-0.25, -0.2) is 0 Å². The van der Waals surface area contributed by atoms with E-state index in [4.69, 9.17) is 9.47 Å². The molecule has 0 spiro atoms. The van der Waals surface area contributed by atoms with Crippen molar-refractivity contribution in [1.82, 2.24) is 4.90 Å². The van der Waals surface area contributed by atoms with E-state index in [-0.39, 0.29) is 0 Å². The summed E-state index contributed by atoms with van der Waals surface area (Å²) in [5.74, 6) is 1.51. The predicted molar refractivity (Wildman–Crippen MR) is 97.9 cm³/mol. The smallest absolute Gasteiger partial charge is 0.125 e. The number of benzene rings is 2. The maximum atomic E-state index is 10.3. The number of ether oxygens (including phenoxy) is 2. The molecule has 3 rings (SSSR count). The van der Waals surface area contributed by atoms with Crippen molar-refractivity contribution in [3.63, 3.8) is 0 Å². The first-order valence-electron chi connectivity index (χ1n) is 8.56. The molecular weight excluding hydrogens is 312 g/mol. The number of nitrogens with zero attached hydrogens (tertiary/aromatic N) is 2. The van der Waals surface area contributed by atoms with Crippen LogP contribution in [0.4, 0.5) is 0 Å². The number of hydrogen-bond donors (Lipinski definition) is 0. The second-order valence-electron chi connectivity index (χ2n) is 6.73. The van der Waals surface area contributed by atoms with E-state index in [1.165, 1.54) is 0 Å². The number of rotatable bonds is 5. The topological polar surface area (TPSA) is 45.5 Å². The molecule has 2 aromatic rings. The first kappa shape index (κ1) is 17.3. The molecule has 0 fully saturated rings. The van der Waals surface area contributed by atoms with Crippen molar-refractivity contribution < 1.29 is 9.47 Å². The van der Waals surface area contributed by atoms with Crippen molar-refractivity contribution in [2.75, 3.05) is 27.7 Å². The molecular formula is C21H24N2O2. The van der Waals surface area contributed by atoms with Crippen molar-refractivity contribution in [3.8, 4) is 17.6 Å². The van der Waals surface area contributed by atoms with E-state index < -0.39 is 5.41 Å². The molecule has 1 heterocycles. The normalized spacial score (nSPS) is 18.5. The quantitative estimate of drug-likeness (QED) is 0.834. The zero-order valence-electron chi connectivity index (χ0n) is 15.1. The Morgan fingerprint density at radius 3 is 2.72 bits per heavy atom. The van der Waals surface area contributed by atoms with Crippen LogP contribution in [-0.2, 0) is 12.0 Å². The minimum atomic E-state index is -0.729. The lowest BCUT2D eigenvalue weighted by Gasteiger charge is -2.29. The number of hydrogen-bond acceptors (Lipinski definition) is 4. The average Bonchev–Trinajstić information content (AvgIpc) is 2.76. The first-order valence-corrected chi connectivity index (χ1v) is 8.56. The van der Waals surface area contributed by atoms with Crippen LogP contribution in [0, 0.1) is 11.3 Å². The number of fused-ring (bicyclic) bond motifs is 2. The third kappa shape index (κ3) is 3.20. The van der Waals surface area contributed by atoms with Crippen molar-refractivity contribution in [3.05, 3.63) is 59.2 Å². The second kappa shape index (κ2) is 7.16. The average molecular weight is 336 g/mol. The molecule has 4 heteroatoms. The molecule has 0 radical (unpaired) electrons. The summed E-state index contributed by atoms with van der Waals surface area (Å²) in [5, 5.41) is 10.3. The van der Waals surface area contributed by atoms with E-state index in [1.54, 1.807) is 7.11 Å². The van der Waals surface area contributed by atoms with Crippen molar-refractivity contribution in [2.45, 2.75) is 24.9 Å². The molecule has 1 unspecified atom stereocenters. The van der Waals surface area contributed by atoms with Gasteiger partial charge in [-0.1, -0.05) is 24.3 Å². The largest absolute Gasteiger partial charge is 0.497 e. The lowest BCUT2D eigenvalue weighted by molar-refractivity contribution is 0.305. The summed E-state index contributed by atoms with van der Waals surface area (Å²) in [6.45, 7) is 1.42. The highest BCUT2D eigenvalue weighted by atomic mass is 16.5. The van der Waals surface area contributed by atoms with Gasteiger partial charge in [0.1, 0.15) is 23.5 Å². The Balaban J connectivity index is 2.17. The van der Waals surface area contributed by atoms with Gasteiger partial charge in [0.15, 0.2) is 0 Å². The fourth-order valence-corrected chi connectivity index (χ4v) is 3.56. The molecule has 1 aliphatic heterocycles. The number of nitriles is 1. The van der Waals surface area contributed by atoms with Gasteiger partial charge in [0.25, 0.3) is 0 Å². The summed E-state index contributed by atoms with van der Waals surface area (Å²) in [5.41, 5.74) is 2.29. The summed E-state index contributed by atoms with van der Waals surface area (Å²) in [6, 6.07) is 16.5. The zero-order chi connectivity index (χ0) is 17.9. The Labute approximate surface area is 149 Å². The van der Waals surface area contributed by atoms with Crippen LogP contribution in [0.5, 0.6) is 11.5 Å². The van der Waals surface area contributed by atoms with Gasteiger partial charge < -0.3 is 14.4 Å². The van der Waals surface area contributed by atoms with Gasteiger partial charge in [-0.15, -0.1) is 0 Å². The third-order valence-corrected chi connectivity index (χ3v) is 4.85. The molecule has 1 aliphatic rings. The van der Waals surface area contributed by atoms with Crippen LogP contribution in [0.15, 0.2) is 42.5 Å². The number of methoxy groups -OCH3 is 1. The molecule has 0 aromatic heterocycles. The van der Waals surface area contributed by atoms with Gasteiger partial charge in [0, 0.05) is 5.56 Å².